The van der Waals surface area contributed by atoms with Gasteiger partial charge >= 0.3 is 0 Å². The minimum absolute atomic E-state index is 0.218. The monoisotopic (exact) mass is 650 g/mol. The van der Waals surface area contributed by atoms with Crippen LogP contribution < -0.4 is 9.47 Å². The number of benzene rings is 4. The zero-order chi connectivity index (χ0) is 31.4. The highest BCUT2D eigenvalue weighted by molar-refractivity contribution is 7.98. The standard InChI is InChI=1S/C39H38O5S2/c40-39(37-19-17-35(43-37)27-45-23-7-5-21-41-33-15-13-29-9-1-3-11-31(29)25-33)38-20-18-36(44-38)28-46-24-8-6-22-42-34-16-14-30-10-2-4-12-32(30)26-34/h1-4,9-20,25-26H,5-8,21-24,27-28H2. The highest BCUT2D eigenvalue weighted by atomic mass is 32.2. The predicted molar refractivity (Wildman–Crippen MR) is 191 cm³/mol. The SMILES string of the molecule is O=C(c1ccc(CSCCCCOc2ccc3ccccc3c2)o1)c1ccc(CSCCCCOc2ccc3ccccc3c2)o1. The summed E-state index contributed by atoms with van der Waals surface area (Å²) in [6, 6.07) is 36.3. The Labute approximate surface area is 278 Å². The zero-order valence-electron chi connectivity index (χ0n) is 25.8. The van der Waals surface area contributed by atoms with Crippen LogP contribution in [-0.2, 0) is 11.5 Å². The van der Waals surface area contributed by atoms with Gasteiger partial charge in [0.05, 0.1) is 24.7 Å². The van der Waals surface area contributed by atoms with Crippen molar-refractivity contribution in [2.75, 3.05) is 24.7 Å². The van der Waals surface area contributed by atoms with E-state index in [1.807, 2.05) is 48.5 Å². The van der Waals surface area contributed by atoms with Gasteiger partial charge in [-0.25, -0.2) is 0 Å². The summed E-state index contributed by atoms with van der Waals surface area (Å²) in [5.41, 5.74) is 0. The smallest absolute Gasteiger partial charge is 0.263 e. The third-order valence-electron chi connectivity index (χ3n) is 7.60. The minimum atomic E-state index is -0.218. The summed E-state index contributed by atoms with van der Waals surface area (Å²) in [5, 5.41) is 4.83. The van der Waals surface area contributed by atoms with Crippen LogP contribution in [0.5, 0.6) is 11.5 Å². The second kappa shape index (κ2) is 16.5. The molecule has 0 unspecified atom stereocenters. The molecule has 7 heteroatoms. The van der Waals surface area contributed by atoms with E-state index in [2.05, 4.69) is 48.5 Å². The van der Waals surface area contributed by atoms with E-state index in [1.54, 1.807) is 35.7 Å². The molecule has 2 aromatic heterocycles. The summed E-state index contributed by atoms with van der Waals surface area (Å²) < 4.78 is 23.6. The first-order valence-electron chi connectivity index (χ1n) is 15.8. The lowest BCUT2D eigenvalue weighted by molar-refractivity contribution is 0.0980. The van der Waals surface area contributed by atoms with Crippen LogP contribution in [0.1, 0.15) is 53.5 Å². The van der Waals surface area contributed by atoms with Crippen molar-refractivity contribution in [2.24, 2.45) is 0 Å². The topological polar surface area (TPSA) is 61.8 Å². The molecule has 0 aliphatic carbocycles. The Morgan fingerprint density at radius 3 is 1.46 bits per heavy atom. The maximum Gasteiger partial charge on any atom is 0.263 e. The lowest BCUT2D eigenvalue weighted by Gasteiger charge is -2.07. The molecule has 236 valence electrons. The maximum atomic E-state index is 12.9. The van der Waals surface area contributed by atoms with Gasteiger partial charge in [-0.05, 0) is 107 Å². The summed E-state index contributed by atoms with van der Waals surface area (Å²) in [7, 11) is 0. The zero-order valence-corrected chi connectivity index (χ0v) is 27.5. The molecule has 0 atom stereocenters. The molecule has 2 heterocycles. The summed E-state index contributed by atoms with van der Waals surface area (Å²) in [6.45, 7) is 1.40. The normalized spacial score (nSPS) is 11.3. The van der Waals surface area contributed by atoms with Crippen molar-refractivity contribution in [3.05, 3.63) is 132 Å². The third kappa shape index (κ3) is 9.02. The number of thioether (sulfide) groups is 2. The second-order valence-corrected chi connectivity index (χ2v) is 13.3. The van der Waals surface area contributed by atoms with Crippen LogP contribution in [0.4, 0.5) is 0 Å². The molecule has 0 N–H and O–H groups in total. The molecule has 0 fully saturated rings. The van der Waals surface area contributed by atoms with Gasteiger partial charge in [-0.15, -0.1) is 0 Å². The number of rotatable bonds is 18. The first kappa shape index (κ1) is 31.9. The summed E-state index contributed by atoms with van der Waals surface area (Å²) in [6.07, 6.45) is 4.08. The number of ketones is 1. The molecular formula is C39H38O5S2. The Kier molecular flexibility index (Phi) is 11.4. The fourth-order valence-corrected chi connectivity index (χ4v) is 6.95. The first-order chi connectivity index (χ1) is 22.7. The van der Waals surface area contributed by atoms with E-state index < -0.39 is 0 Å². The van der Waals surface area contributed by atoms with E-state index in [9.17, 15) is 4.79 Å². The molecule has 0 aliphatic rings. The van der Waals surface area contributed by atoms with E-state index in [0.717, 1.165) is 71.7 Å². The van der Waals surface area contributed by atoms with E-state index in [4.69, 9.17) is 18.3 Å². The van der Waals surface area contributed by atoms with Crippen molar-refractivity contribution in [3.8, 4) is 11.5 Å². The van der Waals surface area contributed by atoms with Crippen LogP contribution in [0, 0.1) is 0 Å². The van der Waals surface area contributed by atoms with E-state index >= 15 is 0 Å². The van der Waals surface area contributed by atoms with Crippen molar-refractivity contribution in [3.63, 3.8) is 0 Å². The van der Waals surface area contributed by atoms with Crippen molar-refractivity contribution < 1.29 is 23.1 Å². The molecule has 0 aliphatic heterocycles. The van der Waals surface area contributed by atoms with Crippen LogP contribution in [0.3, 0.4) is 0 Å². The molecule has 46 heavy (non-hydrogen) atoms. The van der Waals surface area contributed by atoms with Gasteiger partial charge in [-0.2, -0.15) is 23.5 Å². The number of carbonyl (C=O) groups excluding carboxylic acids is 1. The Morgan fingerprint density at radius 2 is 0.978 bits per heavy atom. The van der Waals surface area contributed by atoms with Crippen molar-refractivity contribution >= 4 is 50.9 Å². The largest absolute Gasteiger partial charge is 0.494 e. The highest BCUT2D eigenvalue weighted by Gasteiger charge is 2.18. The van der Waals surface area contributed by atoms with Gasteiger partial charge < -0.3 is 18.3 Å². The Bertz CT molecular complexity index is 1720. The molecule has 0 radical (unpaired) electrons. The summed E-state index contributed by atoms with van der Waals surface area (Å²) >= 11 is 3.60. The molecular weight excluding hydrogens is 613 g/mol. The van der Waals surface area contributed by atoms with Crippen LogP contribution in [-0.4, -0.2) is 30.5 Å². The number of hydrogen-bond acceptors (Lipinski definition) is 7. The van der Waals surface area contributed by atoms with Gasteiger partial charge in [-0.1, -0.05) is 60.7 Å². The minimum Gasteiger partial charge on any atom is -0.494 e. The fourth-order valence-electron chi connectivity index (χ4n) is 5.13. The summed E-state index contributed by atoms with van der Waals surface area (Å²) in [5.74, 6) is 7.30. The fraction of sp³-hybridized carbons (Fsp3) is 0.256. The Balaban J connectivity index is 0.826. The van der Waals surface area contributed by atoms with Crippen molar-refractivity contribution in [1.29, 1.82) is 0 Å². The quantitative estimate of drug-likeness (QED) is 0.0677. The second-order valence-electron chi connectivity index (χ2n) is 11.1. The van der Waals surface area contributed by atoms with Crippen LogP contribution in [0.25, 0.3) is 21.5 Å². The average Bonchev–Trinajstić information content (AvgIpc) is 3.77. The predicted octanol–water partition coefficient (Wildman–Crippen LogP) is 10.6. The number of carbonyl (C=O) groups is 1. The van der Waals surface area contributed by atoms with Crippen LogP contribution in [0.15, 0.2) is 118 Å². The molecule has 4 aromatic carbocycles. The average molecular weight is 651 g/mol. The van der Waals surface area contributed by atoms with Gasteiger partial charge in [0.15, 0.2) is 11.5 Å². The lowest BCUT2D eigenvalue weighted by atomic mass is 10.1. The molecule has 6 rings (SSSR count). The van der Waals surface area contributed by atoms with E-state index in [-0.39, 0.29) is 5.78 Å². The van der Waals surface area contributed by atoms with Crippen LogP contribution in [0.2, 0.25) is 0 Å². The molecule has 0 saturated carbocycles. The number of furan rings is 2. The molecule has 0 saturated heterocycles. The molecule has 0 spiro atoms. The Morgan fingerprint density at radius 1 is 0.522 bits per heavy atom. The van der Waals surface area contributed by atoms with Crippen LogP contribution >= 0.6 is 23.5 Å². The number of hydrogen-bond donors (Lipinski definition) is 0. The molecule has 5 nitrogen and oxygen atoms in total. The van der Waals surface area contributed by atoms with Gasteiger partial charge in [0.1, 0.15) is 23.0 Å². The summed E-state index contributed by atoms with van der Waals surface area (Å²) in [4.78, 5) is 12.9. The van der Waals surface area contributed by atoms with Gasteiger partial charge in [-0.3, -0.25) is 4.79 Å². The van der Waals surface area contributed by atoms with Crippen molar-refractivity contribution in [2.45, 2.75) is 37.2 Å². The molecule has 0 bridgehead atoms. The van der Waals surface area contributed by atoms with E-state index in [1.165, 1.54) is 21.5 Å². The Hall–Kier alpha value is -4.07. The third-order valence-corrected chi connectivity index (χ3v) is 9.74. The van der Waals surface area contributed by atoms with Gasteiger partial charge in [0.25, 0.3) is 5.78 Å². The number of unbranched alkanes of at least 4 members (excludes halogenated alkanes) is 2. The highest BCUT2D eigenvalue weighted by Crippen LogP contribution is 2.24. The van der Waals surface area contributed by atoms with Crippen molar-refractivity contribution in [1.82, 2.24) is 0 Å². The van der Waals surface area contributed by atoms with E-state index in [0.29, 0.717) is 24.7 Å². The first-order valence-corrected chi connectivity index (χ1v) is 18.1. The number of fused-ring (bicyclic) bond motifs is 2. The maximum absolute atomic E-state index is 12.9. The molecule has 6 aromatic rings. The van der Waals surface area contributed by atoms with Gasteiger partial charge in [0, 0.05) is 0 Å². The lowest BCUT2D eigenvalue weighted by Crippen LogP contribution is -1.98. The van der Waals surface area contributed by atoms with Gasteiger partial charge in [0.2, 0.25) is 0 Å². The number of ether oxygens (including phenoxy) is 2. The molecule has 0 amide bonds.